The normalized spacial score (nSPS) is 16.0. The first kappa shape index (κ1) is 21.8. The van der Waals surface area contributed by atoms with Gasteiger partial charge in [-0.3, -0.25) is 0 Å². The minimum absolute atomic E-state index is 0.0590. The van der Waals surface area contributed by atoms with Crippen LogP contribution in [-0.2, 0) is 20.9 Å². The molecule has 1 unspecified atom stereocenters. The summed E-state index contributed by atoms with van der Waals surface area (Å²) >= 11 is 9.39. The van der Waals surface area contributed by atoms with Gasteiger partial charge < -0.3 is 19.9 Å². The number of rotatable bonds is 5. The Labute approximate surface area is 187 Å². The molecule has 0 radical (unpaired) electrons. The maximum Gasteiger partial charge on any atom is 0.338 e. The van der Waals surface area contributed by atoms with Crippen LogP contribution in [0.25, 0.3) is 0 Å². The number of carbonyl (C=O) groups excluding carboxylic acids is 1. The van der Waals surface area contributed by atoms with Crippen LogP contribution in [0.3, 0.4) is 0 Å². The van der Waals surface area contributed by atoms with Gasteiger partial charge in [0, 0.05) is 15.1 Å². The molecular formula is C22H18BrClN2O4. The van der Waals surface area contributed by atoms with Gasteiger partial charge in [0.25, 0.3) is 0 Å². The van der Waals surface area contributed by atoms with E-state index in [-0.39, 0.29) is 29.4 Å². The SMILES string of the molecule is COC(=O)C1=C(C)OC(N)=C(C#N)C1c1cc(Br)ccc1OCc1ccc(Cl)cc1. The third-order valence-corrected chi connectivity index (χ3v) is 5.35. The van der Waals surface area contributed by atoms with Gasteiger partial charge in [-0.05, 0) is 42.8 Å². The van der Waals surface area contributed by atoms with Crippen molar-refractivity contribution >= 4 is 33.5 Å². The first-order valence-corrected chi connectivity index (χ1v) is 10.1. The molecule has 0 aliphatic carbocycles. The van der Waals surface area contributed by atoms with Crippen molar-refractivity contribution in [2.24, 2.45) is 5.73 Å². The third-order valence-electron chi connectivity index (χ3n) is 4.60. The van der Waals surface area contributed by atoms with Crippen LogP contribution < -0.4 is 10.5 Å². The third kappa shape index (κ3) is 4.45. The number of methoxy groups -OCH3 is 1. The average Bonchev–Trinajstić information content (AvgIpc) is 2.73. The van der Waals surface area contributed by atoms with Gasteiger partial charge in [0.1, 0.15) is 29.8 Å². The van der Waals surface area contributed by atoms with Gasteiger partial charge in [-0.25, -0.2) is 4.79 Å². The molecule has 3 rings (SSSR count). The number of nitriles is 1. The summed E-state index contributed by atoms with van der Waals surface area (Å²) in [6.45, 7) is 1.87. The fourth-order valence-electron chi connectivity index (χ4n) is 3.19. The van der Waals surface area contributed by atoms with Crippen LogP contribution in [-0.4, -0.2) is 13.1 Å². The Morgan fingerprint density at radius 1 is 1.30 bits per heavy atom. The van der Waals surface area contributed by atoms with Crippen molar-refractivity contribution in [1.82, 2.24) is 0 Å². The minimum atomic E-state index is -0.797. The Hall–Kier alpha value is -2.95. The van der Waals surface area contributed by atoms with Gasteiger partial charge in [0.2, 0.25) is 5.88 Å². The number of benzene rings is 2. The molecule has 2 aromatic rings. The van der Waals surface area contributed by atoms with Crippen molar-refractivity contribution in [2.45, 2.75) is 19.4 Å². The molecule has 1 aliphatic heterocycles. The summed E-state index contributed by atoms with van der Waals surface area (Å²) in [7, 11) is 1.27. The van der Waals surface area contributed by atoms with E-state index in [1.54, 1.807) is 31.2 Å². The van der Waals surface area contributed by atoms with Crippen LogP contribution in [0, 0.1) is 11.3 Å². The van der Waals surface area contributed by atoms with Crippen molar-refractivity contribution in [3.8, 4) is 11.8 Å². The molecule has 0 saturated carbocycles. The van der Waals surface area contributed by atoms with Gasteiger partial charge in [-0.1, -0.05) is 39.7 Å². The lowest BCUT2D eigenvalue weighted by atomic mass is 9.82. The average molecular weight is 490 g/mol. The molecule has 2 aromatic carbocycles. The largest absolute Gasteiger partial charge is 0.489 e. The van der Waals surface area contributed by atoms with E-state index in [9.17, 15) is 10.1 Å². The van der Waals surface area contributed by atoms with Gasteiger partial charge in [0.15, 0.2) is 0 Å². The monoisotopic (exact) mass is 488 g/mol. The Kier molecular flexibility index (Phi) is 6.70. The molecular weight excluding hydrogens is 472 g/mol. The summed E-state index contributed by atoms with van der Waals surface area (Å²) in [6, 6.07) is 14.7. The molecule has 2 N–H and O–H groups in total. The zero-order valence-electron chi connectivity index (χ0n) is 16.2. The van der Waals surface area contributed by atoms with Gasteiger partial charge in [-0.15, -0.1) is 0 Å². The van der Waals surface area contributed by atoms with Gasteiger partial charge in [-0.2, -0.15) is 5.26 Å². The molecule has 1 atom stereocenters. The number of carbonyl (C=O) groups is 1. The van der Waals surface area contributed by atoms with E-state index in [1.807, 2.05) is 18.2 Å². The predicted molar refractivity (Wildman–Crippen MR) is 115 cm³/mol. The van der Waals surface area contributed by atoms with Crippen LogP contribution in [0.1, 0.15) is 24.0 Å². The molecule has 0 aromatic heterocycles. The summed E-state index contributed by atoms with van der Waals surface area (Å²) in [5, 5.41) is 10.4. The standard InChI is InChI=1S/C22H18BrClN2O4/c1-12-19(22(27)28-2)20(17(10-25)21(26)30-12)16-9-14(23)5-8-18(16)29-11-13-3-6-15(24)7-4-13/h3-9,20H,11,26H2,1-2H3. The second-order valence-electron chi connectivity index (χ2n) is 6.48. The number of nitrogens with two attached hydrogens (primary N) is 1. The summed E-state index contributed by atoms with van der Waals surface area (Å²) in [5.74, 6) is -0.701. The molecule has 1 aliphatic rings. The zero-order valence-corrected chi connectivity index (χ0v) is 18.6. The van der Waals surface area contributed by atoms with Crippen molar-refractivity contribution in [3.05, 3.63) is 85.9 Å². The molecule has 0 amide bonds. The van der Waals surface area contributed by atoms with E-state index in [1.165, 1.54) is 7.11 Å². The second-order valence-corrected chi connectivity index (χ2v) is 7.84. The van der Waals surface area contributed by atoms with E-state index < -0.39 is 11.9 Å². The first-order chi connectivity index (χ1) is 14.3. The molecule has 0 saturated heterocycles. The smallest absolute Gasteiger partial charge is 0.338 e. The summed E-state index contributed by atoms with van der Waals surface area (Å²) in [5.41, 5.74) is 7.76. The van der Waals surface area contributed by atoms with Crippen LogP contribution in [0.5, 0.6) is 5.75 Å². The zero-order chi connectivity index (χ0) is 21.8. The number of allylic oxidation sites excluding steroid dienone is 2. The maximum absolute atomic E-state index is 12.5. The fraction of sp³-hybridized carbons (Fsp3) is 0.182. The van der Waals surface area contributed by atoms with Crippen LogP contribution in [0.2, 0.25) is 5.02 Å². The highest BCUT2D eigenvalue weighted by atomic mass is 79.9. The van der Waals surface area contributed by atoms with Crippen LogP contribution >= 0.6 is 27.5 Å². The summed E-state index contributed by atoms with van der Waals surface area (Å²) in [4.78, 5) is 12.5. The molecule has 154 valence electrons. The highest BCUT2D eigenvalue weighted by Crippen LogP contribution is 2.44. The quantitative estimate of drug-likeness (QED) is 0.598. The van der Waals surface area contributed by atoms with Crippen LogP contribution in [0.4, 0.5) is 0 Å². The number of halogens is 2. The first-order valence-electron chi connectivity index (χ1n) is 8.89. The minimum Gasteiger partial charge on any atom is -0.489 e. The number of esters is 1. The Bertz CT molecular complexity index is 1090. The van der Waals surface area contributed by atoms with Crippen molar-refractivity contribution < 1.29 is 19.0 Å². The van der Waals surface area contributed by atoms with Gasteiger partial charge in [0.05, 0.1) is 18.6 Å². The second kappa shape index (κ2) is 9.24. The molecule has 0 bridgehead atoms. The molecule has 6 nitrogen and oxygen atoms in total. The molecule has 30 heavy (non-hydrogen) atoms. The maximum atomic E-state index is 12.5. The lowest BCUT2D eigenvalue weighted by molar-refractivity contribution is -0.136. The number of nitrogens with zero attached hydrogens (tertiary/aromatic N) is 1. The summed E-state index contributed by atoms with van der Waals surface area (Å²) < 4.78 is 17.2. The number of hydrogen-bond donors (Lipinski definition) is 1. The topological polar surface area (TPSA) is 94.6 Å². The van der Waals surface area contributed by atoms with E-state index in [0.717, 1.165) is 10.0 Å². The van der Waals surface area contributed by atoms with Crippen molar-refractivity contribution in [2.75, 3.05) is 7.11 Å². The van der Waals surface area contributed by atoms with E-state index in [4.69, 9.17) is 31.5 Å². The van der Waals surface area contributed by atoms with E-state index in [2.05, 4.69) is 22.0 Å². The van der Waals surface area contributed by atoms with E-state index >= 15 is 0 Å². The molecule has 1 heterocycles. The Balaban J connectivity index is 2.08. The summed E-state index contributed by atoms with van der Waals surface area (Å²) in [6.07, 6.45) is 0. The lowest BCUT2D eigenvalue weighted by Gasteiger charge is -2.28. The van der Waals surface area contributed by atoms with Crippen molar-refractivity contribution in [3.63, 3.8) is 0 Å². The highest BCUT2D eigenvalue weighted by molar-refractivity contribution is 9.10. The fourth-order valence-corrected chi connectivity index (χ4v) is 3.69. The Morgan fingerprint density at radius 2 is 2.00 bits per heavy atom. The molecule has 0 fully saturated rings. The number of ether oxygens (including phenoxy) is 3. The number of hydrogen-bond acceptors (Lipinski definition) is 6. The van der Waals surface area contributed by atoms with Crippen LogP contribution in [0.15, 0.2) is 69.7 Å². The predicted octanol–water partition coefficient (Wildman–Crippen LogP) is 4.94. The lowest BCUT2D eigenvalue weighted by Crippen LogP contribution is -2.25. The highest BCUT2D eigenvalue weighted by Gasteiger charge is 2.37. The Morgan fingerprint density at radius 3 is 2.63 bits per heavy atom. The van der Waals surface area contributed by atoms with Crippen molar-refractivity contribution in [1.29, 1.82) is 5.26 Å². The van der Waals surface area contributed by atoms with E-state index in [0.29, 0.717) is 16.3 Å². The van der Waals surface area contributed by atoms with Gasteiger partial charge >= 0.3 is 5.97 Å². The molecule has 0 spiro atoms. The molecule has 8 heteroatoms.